The standard InChI is InChI=1S/C19H16O3/c20-18-15-9-3-4-11-16(15)22-19(21)17(18)14-10-5-7-12-6-1-2-8-13(12)14/h1-4,6,8-9,11,14,20H,5,7,10H2. The van der Waals surface area contributed by atoms with Crippen molar-refractivity contribution in [3.05, 3.63) is 75.6 Å². The topological polar surface area (TPSA) is 50.4 Å². The Labute approximate surface area is 127 Å². The van der Waals surface area contributed by atoms with Gasteiger partial charge in [0.05, 0.1) is 10.9 Å². The third-order valence-electron chi connectivity index (χ3n) is 4.54. The predicted octanol–water partition coefficient (Wildman–Crippen LogP) is 3.97. The summed E-state index contributed by atoms with van der Waals surface area (Å²) in [6, 6.07) is 15.3. The minimum absolute atomic E-state index is 0.0635. The van der Waals surface area contributed by atoms with Crippen LogP contribution in [0.5, 0.6) is 5.75 Å². The Kier molecular flexibility index (Phi) is 3.00. The summed E-state index contributed by atoms with van der Waals surface area (Å²) in [4.78, 5) is 12.4. The molecule has 0 radical (unpaired) electrons. The number of rotatable bonds is 1. The van der Waals surface area contributed by atoms with Crippen molar-refractivity contribution in [1.29, 1.82) is 0 Å². The van der Waals surface area contributed by atoms with Crippen LogP contribution in [0.25, 0.3) is 11.0 Å². The molecular weight excluding hydrogens is 276 g/mol. The van der Waals surface area contributed by atoms with Crippen molar-refractivity contribution < 1.29 is 9.52 Å². The maximum absolute atomic E-state index is 12.4. The van der Waals surface area contributed by atoms with Gasteiger partial charge in [0.15, 0.2) is 0 Å². The second kappa shape index (κ2) is 5.02. The van der Waals surface area contributed by atoms with Crippen LogP contribution in [0.15, 0.2) is 57.7 Å². The quantitative estimate of drug-likeness (QED) is 0.690. The minimum atomic E-state index is -0.432. The molecule has 2 aromatic carbocycles. The van der Waals surface area contributed by atoms with E-state index < -0.39 is 5.63 Å². The van der Waals surface area contributed by atoms with Gasteiger partial charge in [0.1, 0.15) is 11.3 Å². The molecule has 1 aromatic heterocycles. The Balaban J connectivity index is 1.98. The zero-order chi connectivity index (χ0) is 15.1. The highest BCUT2D eigenvalue weighted by Crippen LogP contribution is 2.40. The first-order chi connectivity index (χ1) is 10.8. The summed E-state index contributed by atoms with van der Waals surface area (Å²) in [7, 11) is 0. The van der Waals surface area contributed by atoms with E-state index in [4.69, 9.17) is 4.42 Å². The Hall–Kier alpha value is -2.55. The molecule has 4 rings (SSSR count). The van der Waals surface area contributed by atoms with Crippen LogP contribution >= 0.6 is 0 Å². The van der Waals surface area contributed by atoms with Crippen LogP contribution in [-0.4, -0.2) is 5.11 Å². The van der Waals surface area contributed by atoms with Crippen LogP contribution in [0.3, 0.4) is 0 Å². The molecule has 0 saturated heterocycles. The molecule has 0 bridgehead atoms. The van der Waals surface area contributed by atoms with E-state index in [2.05, 4.69) is 6.07 Å². The molecule has 0 spiro atoms. The van der Waals surface area contributed by atoms with E-state index in [1.807, 2.05) is 24.3 Å². The normalized spacial score (nSPS) is 17.4. The summed E-state index contributed by atoms with van der Waals surface area (Å²) in [5, 5.41) is 11.2. The highest BCUT2D eigenvalue weighted by atomic mass is 16.4. The molecule has 0 saturated carbocycles. The van der Waals surface area contributed by atoms with E-state index in [-0.39, 0.29) is 11.7 Å². The number of fused-ring (bicyclic) bond motifs is 2. The highest BCUT2D eigenvalue weighted by molar-refractivity contribution is 5.84. The fourth-order valence-electron chi connectivity index (χ4n) is 3.51. The first kappa shape index (κ1) is 13.1. The zero-order valence-electron chi connectivity index (χ0n) is 12.1. The van der Waals surface area contributed by atoms with E-state index in [1.54, 1.807) is 18.2 Å². The molecule has 1 aliphatic carbocycles. The van der Waals surface area contributed by atoms with Crippen molar-refractivity contribution in [3.63, 3.8) is 0 Å². The van der Waals surface area contributed by atoms with Gasteiger partial charge in [0.25, 0.3) is 0 Å². The predicted molar refractivity (Wildman–Crippen MR) is 85.4 cm³/mol. The molecule has 22 heavy (non-hydrogen) atoms. The summed E-state index contributed by atoms with van der Waals surface area (Å²) in [5.74, 6) is -0.0284. The van der Waals surface area contributed by atoms with Gasteiger partial charge in [-0.15, -0.1) is 0 Å². The van der Waals surface area contributed by atoms with Crippen molar-refractivity contribution in [3.8, 4) is 5.75 Å². The van der Waals surface area contributed by atoms with Crippen molar-refractivity contribution in [2.45, 2.75) is 25.2 Å². The number of benzene rings is 2. The largest absolute Gasteiger partial charge is 0.507 e. The van der Waals surface area contributed by atoms with E-state index >= 15 is 0 Å². The summed E-state index contributed by atoms with van der Waals surface area (Å²) in [6.07, 6.45) is 2.88. The van der Waals surface area contributed by atoms with Gasteiger partial charge >= 0.3 is 5.63 Å². The Morgan fingerprint density at radius 1 is 1.05 bits per heavy atom. The minimum Gasteiger partial charge on any atom is -0.507 e. The fourth-order valence-corrected chi connectivity index (χ4v) is 3.51. The van der Waals surface area contributed by atoms with Gasteiger partial charge in [0.2, 0.25) is 0 Å². The number of aryl methyl sites for hydroxylation is 1. The average molecular weight is 292 g/mol. The molecule has 0 amide bonds. The van der Waals surface area contributed by atoms with Crippen LogP contribution in [0, 0.1) is 0 Å². The Morgan fingerprint density at radius 3 is 2.73 bits per heavy atom. The third-order valence-corrected chi connectivity index (χ3v) is 4.54. The monoisotopic (exact) mass is 292 g/mol. The molecule has 1 unspecified atom stereocenters. The molecule has 0 aliphatic heterocycles. The molecule has 110 valence electrons. The van der Waals surface area contributed by atoms with E-state index in [0.717, 1.165) is 24.8 Å². The van der Waals surface area contributed by atoms with Gasteiger partial charge in [-0.05, 0) is 42.5 Å². The van der Waals surface area contributed by atoms with Gasteiger partial charge in [-0.3, -0.25) is 0 Å². The summed E-state index contributed by atoms with van der Waals surface area (Å²) >= 11 is 0. The van der Waals surface area contributed by atoms with Gasteiger partial charge < -0.3 is 9.52 Å². The summed E-state index contributed by atoms with van der Waals surface area (Å²) in [5.41, 5.74) is 2.78. The maximum Gasteiger partial charge on any atom is 0.343 e. The first-order valence-corrected chi connectivity index (χ1v) is 7.58. The number of para-hydroxylation sites is 1. The van der Waals surface area contributed by atoms with Crippen LogP contribution in [-0.2, 0) is 6.42 Å². The van der Waals surface area contributed by atoms with E-state index in [1.165, 1.54) is 5.56 Å². The molecule has 3 heteroatoms. The second-order valence-electron chi connectivity index (χ2n) is 5.79. The van der Waals surface area contributed by atoms with Crippen LogP contribution in [0.2, 0.25) is 0 Å². The smallest absolute Gasteiger partial charge is 0.343 e. The van der Waals surface area contributed by atoms with Crippen LogP contribution in [0.4, 0.5) is 0 Å². The highest BCUT2D eigenvalue weighted by Gasteiger charge is 2.28. The lowest BCUT2D eigenvalue weighted by Crippen LogP contribution is -2.18. The second-order valence-corrected chi connectivity index (χ2v) is 5.79. The van der Waals surface area contributed by atoms with Gasteiger partial charge in [-0.1, -0.05) is 36.4 Å². The number of aromatic hydroxyl groups is 1. The first-order valence-electron chi connectivity index (χ1n) is 7.58. The van der Waals surface area contributed by atoms with E-state index in [9.17, 15) is 9.90 Å². The summed E-state index contributed by atoms with van der Waals surface area (Å²) < 4.78 is 5.43. The van der Waals surface area contributed by atoms with Crippen molar-refractivity contribution in [1.82, 2.24) is 0 Å². The van der Waals surface area contributed by atoms with E-state index in [0.29, 0.717) is 16.5 Å². The SMILES string of the molecule is O=c1oc2ccccc2c(O)c1C1CCCc2ccccc21. The van der Waals surface area contributed by atoms with Crippen molar-refractivity contribution in [2.24, 2.45) is 0 Å². The lowest BCUT2D eigenvalue weighted by atomic mass is 9.79. The molecule has 1 heterocycles. The molecular formula is C19H16O3. The summed E-state index contributed by atoms with van der Waals surface area (Å²) in [6.45, 7) is 0. The van der Waals surface area contributed by atoms with Crippen LogP contribution in [0.1, 0.15) is 35.4 Å². The molecule has 1 aliphatic rings. The lowest BCUT2D eigenvalue weighted by Gasteiger charge is -2.25. The maximum atomic E-state index is 12.4. The zero-order valence-corrected chi connectivity index (χ0v) is 12.1. The van der Waals surface area contributed by atoms with Crippen LogP contribution < -0.4 is 5.63 Å². The molecule has 0 fully saturated rings. The van der Waals surface area contributed by atoms with Crippen molar-refractivity contribution in [2.75, 3.05) is 0 Å². The Bertz CT molecular complexity index is 908. The van der Waals surface area contributed by atoms with Gasteiger partial charge in [-0.2, -0.15) is 0 Å². The number of hydrogen-bond acceptors (Lipinski definition) is 3. The molecule has 1 N–H and O–H groups in total. The molecule has 3 nitrogen and oxygen atoms in total. The average Bonchev–Trinajstić information content (AvgIpc) is 2.55. The lowest BCUT2D eigenvalue weighted by molar-refractivity contribution is 0.444. The fraction of sp³-hybridized carbons (Fsp3) is 0.211. The molecule has 3 aromatic rings. The van der Waals surface area contributed by atoms with Crippen molar-refractivity contribution >= 4 is 11.0 Å². The number of hydrogen-bond donors (Lipinski definition) is 1. The van der Waals surface area contributed by atoms with Gasteiger partial charge in [0, 0.05) is 5.92 Å². The molecule has 1 atom stereocenters. The third kappa shape index (κ3) is 1.93. The van der Waals surface area contributed by atoms with Gasteiger partial charge in [-0.25, -0.2) is 4.79 Å². The Morgan fingerprint density at radius 2 is 1.82 bits per heavy atom.